The number of pyridine rings is 1. The standard InChI is InChI=1S/C16H19NO/c1-11(2)14-6-8-16(12(3)9-14)18-15-7-5-13(4)17-10-15/h5-11H,1-4H3. The molecule has 2 aromatic rings. The zero-order chi connectivity index (χ0) is 13.1. The summed E-state index contributed by atoms with van der Waals surface area (Å²) in [6, 6.07) is 10.2. The van der Waals surface area contributed by atoms with Crippen molar-refractivity contribution in [1.82, 2.24) is 4.98 Å². The summed E-state index contributed by atoms with van der Waals surface area (Å²) in [4.78, 5) is 4.23. The Morgan fingerprint density at radius 3 is 2.39 bits per heavy atom. The third-order valence-corrected chi connectivity index (χ3v) is 2.98. The summed E-state index contributed by atoms with van der Waals surface area (Å²) in [5.41, 5.74) is 3.48. The largest absolute Gasteiger partial charge is 0.455 e. The first kappa shape index (κ1) is 12.6. The fourth-order valence-electron chi connectivity index (χ4n) is 1.79. The monoisotopic (exact) mass is 241 g/mol. The van der Waals surface area contributed by atoms with E-state index in [9.17, 15) is 0 Å². The molecule has 0 radical (unpaired) electrons. The average Bonchev–Trinajstić information content (AvgIpc) is 2.34. The predicted octanol–water partition coefficient (Wildman–Crippen LogP) is 4.61. The molecule has 94 valence electrons. The van der Waals surface area contributed by atoms with Crippen molar-refractivity contribution in [3.63, 3.8) is 0 Å². The summed E-state index contributed by atoms with van der Waals surface area (Å²) in [5, 5.41) is 0. The van der Waals surface area contributed by atoms with Crippen molar-refractivity contribution in [3.05, 3.63) is 53.3 Å². The van der Waals surface area contributed by atoms with Crippen LogP contribution in [0, 0.1) is 13.8 Å². The van der Waals surface area contributed by atoms with Crippen LogP contribution in [0.4, 0.5) is 0 Å². The lowest BCUT2D eigenvalue weighted by molar-refractivity contribution is 0.476. The van der Waals surface area contributed by atoms with E-state index in [4.69, 9.17) is 4.74 Å². The van der Waals surface area contributed by atoms with Gasteiger partial charge in [-0.2, -0.15) is 0 Å². The maximum Gasteiger partial charge on any atom is 0.145 e. The number of benzene rings is 1. The Hall–Kier alpha value is -1.83. The van der Waals surface area contributed by atoms with Gasteiger partial charge in [0.2, 0.25) is 0 Å². The first-order valence-corrected chi connectivity index (χ1v) is 6.27. The highest BCUT2D eigenvalue weighted by Gasteiger charge is 2.05. The van der Waals surface area contributed by atoms with Gasteiger partial charge in [-0.15, -0.1) is 0 Å². The van der Waals surface area contributed by atoms with Crippen LogP contribution in [0.25, 0.3) is 0 Å². The van der Waals surface area contributed by atoms with Gasteiger partial charge in [-0.1, -0.05) is 26.0 Å². The number of ether oxygens (including phenoxy) is 1. The highest BCUT2D eigenvalue weighted by atomic mass is 16.5. The molecule has 0 spiro atoms. The van der Waals surface area contributed by atoms with Crippen molar-refractivity contribution >= 4 is 0 Å². The minimum Gasteiger partial charge on any atom is -0.455 e. The molecule has 0 amide bonds. The van der Waals surface area contributed by atoms with Gasteiger partial charge in [0.1, 0.15) is 11.5 Å². The van der Waals surface area contributed by atoms with E-state index in [2.05, 4.69) is 37.9 Å². The van der Waals surface area contributed by atoms with E-state index in [0.717, 1.165) is 22.8 Å². The lowest BCUT2D eigenvalue weighted by Gasteiger charge is -2.12. The molecule has 1 aromatic heterocycles. The van der Waals surface area contributed by atoms with Gasteiger partial charge in [-0.3, -0.25) is 4.98 Å². The van der Waals surface area contributed by atoms with Crippen molar-refractivity contribution in [2.45, 2.75) is 33.6 Å². The highest BCUT2D eigenvalue weighted by Crippen LogP contribution is 2.27. The van der Waals surface area contributed by atoms with Crippen LogP contribution in [-0.2, 0) is 0 Å². The Bertz CT molecular complexity index is 529. The molecular formula is C16H19NO. The number of nitrogens with zero attached hydrogens (tertiary/aromatic N) is 1. The van der Waals surface area contributed by atoms with Gasteiger partial charge in [0.05, 0.1) is 6.20 Å². The first-order chi connectivity index (χ1) is 8.56. The summed E-state index contributed by atoms with van der Waals surface area (Å²) in [6.45, 7) is 8.42. The quantitative estimate of drug-likeness (QED) is 0.782. The zero-order valence-electron chi connectivity index (χ0n) is 11.4. The number of hydrogen-bond acceptors (Lipinski definition) is 2. The Labute approximate surface area is 109 Å². The molecule has 1 aromatic carbocycles. The van der Waals surface area contributed by atoms with Gasteiger partial charge in [0.15, 0.2) is 0 Å². The third-order valence-electron chi connectivity index (χ3n) is 2.98. The van der Waals surface area contributed by atoms with Crippen LogP contribution < -0.4 is 4.74 Å². The van der Waals surface area contributed by atoms with Gasteiger partial charge < -0.3 is 4.74 Å². The van der Waals surface area contributed by atoms with E-state index >= 15 is 0 Å². The van der Waals surface area contributed by atoms with E-state index in [1.807, 2.05) is 25.1 Å². The van der Waals surface area contributed by atoms with Crippen LogP contribution in [0.2, 0.25) is 0 Å². The molecule has 0 aliphatic heterocycles. The predicted molar refractivity (Wildman–Crippen MR) is 74.3 cm³/mol. The summed E-state index contributed by atoms with van der Waals surface area (Å²) in [7, 11) is 0. The molecule has 0 N–H and O–H groups in total. The number of aromatic nitrogens is 1. The lowest BCUT2D eigenvalue weighted by atomic mass is 10.0. The average molecular weight is 241 g/mol. The number of hydrogen-bond donors (Lipinski definition) is 0. The van der Waals surface area contributed by atoms with Gasteiger partial charge in [-0.25, -0.2) is 0 Å². The summed E-state index contributed by atoms with van der Waals surface area (Å²) in [6.07, 6.45) is 1.76. The normalized spacial score (nSPS) is 10.7. The fourth-order valence-corrected chi connectivity index (χ4v) is 1.79. The Kier molecular flexibility index (Phi) is 3.66. The molecule has 0 unspecified atom stereocenters. The number of rotatable bonds is 3. The molecule has 2 heteroatoms. The Morgan fingerprint density at radius 1 is 1.06 bits per heavy atom. The molecule has 2 rings (SSSR count). The molecule has 1 heterocycles. The second-order valence-corrected chi connectivity index (χ2v) is 4.92. The van der Waals surface area contributed by atoms with Gasteiger partial charge in [0.25, 0.3) is 0 Å². The minimum absolute atomic E-state index is 0.541. The maximum absolute atomic E-state index is 5.84. The minimum atomic E-state index is 0.541. The summed E-state index contributed by atoms with van der Waals surface area (Å²) < 4.78 is 5.84. The molecule has 0 aliphatic carbocycles. The van der Waals surface area contributed by atoms with E-state index in [1.165, 1.54) is 5.56 Å². The topological polar surface area (TPSA) is 22.1 Å². The van der Waals surface area contributed by atoms with E-state index < -0.39 is 0 Å². The SMILES string of the molecule is Cc1ccc(Oc2ccc(C(C)C)cc2C)cn1. The van der Waals surface area contributed by atoms with E-state index in [1.54, 1.807) is 6.20 Å². The Balaban J connectivity index is 2.22. The summed E-state index contributed by atoms with van der Waals surface area (Å²) in [5.74, 6) is 2.21. The van der Waals surface area contributed by atoms with Crippen molar-refractivity contribution < 1.29 is 4.74 Å². The van der Waals surface area contributed by atoms with Gasteiger partial charge in [0, 0.05) is 5.69 Å². The smallest absolute Gasteiger partial charge is 0.145 e. The van der Waals surface area contributed by atoms with Gasteiger partial charge >= 0.3 is 0 Å². The molecule has 0 atom stereocenters. The van der Waals surface area contributed by atoms with Crippen LogP contribution in [0.1, 0.15) is 36.6 Å². The van der Waals surface area contributed by atoms with E-state index in [-0.39, 0.29) is 0 Å². The van der Waals surface area contributed by atoms with Crippen LogP contribution >= 0.6 is 0 Å². The van der Waals surface area contributed by atoms with Crippen LogP contribution in [-0.4, -0.2) is 4.98 Å². The molecule has 0 aliphatic rings. The van der Waals surface area contributed by atoms with E-state index in [0.29, 0.717) is 5.92 Å². The molecular weight excluding hydrogens is 222 g/mol. The molecule has 0 bridgehead atoms. The van der Waals surface area contributed by atoms with Crippen molar-refractivity contribution in [2.75, 3.05) is 0 Å². The number of aryl methyl sites for hydroxylation is 2. The zero-order valence-corrected chi connectivity index (χ0v) is 11.4. The maximum atomic E-state index is 5.84. The van der Waals surface area contributed by atoms with Crippen molar-refractivity contribution in [2.24, 2.45) is 0 Å². The van der Waals surface area contributed by atoms with Crippen LogP contribution in [0.3, 0.4) is 0 Å². The van der Waals surface area contributed by atoms with Crippen LogP contribution in [0.15, 0.2) is 36.5 Å². The molecule has 0 saturated heterocycles. The molecule has 18 heavy (non-hydrogen) atoms. The first-order valence-electron chi connectivity index (χ1n) is 6.27. The second kappa shape index (κ2) is 5.21. The van der Waals surface area contributed by atoms with Crippen LogP contribution in [0.5, 0.6) is 11.5 Å². The highest BCUT2D eigenvalue weighted by molar-refractivity contribution is 5.40. The van der Waals surface area contributed by atoms with Crippen molar-refractivity contribution in [3.8, 4) is 11.5 Å². The molecule has 2 nitrogen and oxygen atoms in total. The fraction of sp³-hybridized carbons (Fsp3) is 0.312. The lowest BCUT2D eigenvalue weighted by Crippen LogP contribution is -1.92. The summed E-state index contributed by atoms with van der Waals surface area (Å²) >= 11 is 0. The van der Waals surface area contributed by atoms with Gasteiger partial charge in [-0.05, 0) is 49.1 Å². The second-order valence-electron chi connectivity index (χ2n) is 4.92. The molecule has 0 saturated carbocycles. The Morgan fingerprint density at radius 2 is 1.83 bits per heavy atom. The van der Waals surface area contributed by atoms with Crippen molar-refractivity contribution in [1.29, 1.82) is 0 Å². The molecule has 0 fully saturated rings. The third kappa shape index (κ3) is 2.89.